The number of methoxy groups -OCH3 is 1. The summed E-state index contributed by atoms with van der Waals surface area (Å²) in [4.78, 5) is 30.0. The first-order valence-corrected chi connectivity index (χ1v) is 9.17. The van der Waals surface area contributed by atoms with Crippen LogP contribution in [0.2, 0.25) is 0 Å². The number of rotatable bonds is 4. The fraction of sp³-hybridized carbons (Fsp3) is 0.611. The molecule has 1 saturated carbocycles. The van der Waals surface area contributed by atoms with Gasteiger partial charge in [0.05, 0.1) is 13.2 Å². The van der Waals surface area contributed by atoms with Crippen molar-refractivity contribution in [3.05, 3.63) is 23.4 Å². The summed E-state index contributed by atoms with van der Waals surface area (Å²) in [6.45, 7) is 5.55. The lowest BCUT2D eigenvalue weighted by atomic mass is 10.2. The summed E-state index contributed by atoms with van der Waals surface area (Å²) in [5.74, 6) is -1.77. The topological polar surface area (TPSA) is 95.0 Å². The van der Waals surface area contributed by atoms with Crippen LogP contribution in [0.15, 0.2) is 12.1 Å². The van der Waals surface area contributed by atoms with Crippen molar-refractivity contribution in [2.24, 2.45) is 0 Å². The smallest absolute Gasteiger partial charge is 0.475 e. The van der Waals surface area contributed by atoms with Crippen LogP contribution in [0.1, 0.15) is 24.1 Å². The van der Waals surface area contributed by atoms with Crippen molar-refractivity contribution < 1.29 is 32.6 Å². The summed E-state index contributed by atoms with van der Waals surface area (Å²) in [7, 11) is 1.71. The van der Waals surface area contributed by atoms with Gasteiger partial charge in [0.25, 0.3) is 0 Å². The summed E-state index contributed by atoms with van der Waals surface area (Å²) < 4.78 is 36.9. The average Bonchev–Trinajstić information content (AvgIpc) is 3.46. The first-order chi connectivity index (χ1) is 13.6. The number of fused-ring (bicyclic) bond motifs is 1. The molecule has 1 fully saturated rings. The molecule has 3 rings (SSSR count). The largest absolute Gasteiger partial charge is 0.490 e. The molecule has 1 aliphatic heterocycles. The number of anilines is 1. The van der Waals surface area contributed by atoms with Crippen LogP contribution in [0.5, 0.6) is 0 Å². The van der Waals surface area contributed by atoms with Crippen LogP contribution in [0.25, 0.3) is 0 Å². The first-order valence-electron chi connectivity index (χ1n) is 9.17. The molecule has 0 saturated heterocycles. The second-order valence-corrected chi connectivity index (χ2v) is 6.86. The molecule has 0 atom stereocenters. The van der Waals surface area contributed by atoms with Gasteiger partial charge in [-0.15, -0.1) is 0 Å². The number of carbonyl (C=O) groups is 2. The number of aliphatic carboxylic acids is 1. The van der Waals surface area contributed by atoms with Crippen molar-refractivity contribution in [2.75, 3.05) is 38.3 Å². The van der Waals surface area contributed by atoms with Crippen LogP contribution in [-0.2, 0) is 16.1 Å². The monoisotopic (exact) mass is 418 g/mol. The number of amides is 2. The minimum absolute atomic E-state index is 0.0441. The van der Waals surface area contributed by atoms with Gasteiger partial charge in [0.15, 0.2) is 0 Å². The molecule has 0 unspecified atom stereocenters. The minimum Gasteiger partial charge on any atom is -0.475 e. The molecule has 2 amide bonds. The molecule has 0 radical (unpaired) electrons. The number of alkyl halides is 3. The van der Waals surface area contributed by atoms with E-state index in [1.54, 1.807) is 7.11 Å². The van der Waals surface area contributed by atoms with Crippen molar-refractivity contribution in [1.82, 2.24) is 15.2 Å². The number of nitrogens with one attached hydrogen (secondary N) is 1. The molecule has 8 nitrogen and oxygen atoms in total. The molecule has 1 aliphatic carbocycles. The highest BCUT2D eigenvalue weighted by molar-refractivity contribution is 5.75. The molecule has 11 heteroatoms. The van der Waals surface area contributed by atoms with Crippen LogP contribution in [0.3, 0.4) is 0 Å². The van der Waals surface area contributed by atoms with Gasteiger partial charge in [-0.3, -0.25) is 0 Å². The summed E-state index contributed by atoms with van der Waals surface area (Å²) in [6, 6.07) is 4.52. The number of halogens is 3. The van der Waals surface area contributed by atoms with Gasteiger partial charge in [-0.1, -0.05) is 6.07 Å². The number of pyridine rings is 1. The van der Waals surface area contributed by atoms with Gasteiger partial charge >= 0.3 is 18.2 Å². The van der Waals surface area contributed by atoms with E-state index >= 15 is 0 Å². The van der Waals surface area contributed by atoms with Gasteiger partial charge < -0.3 is 25.0 Å². The number of hydrogen-bond acceptors (Lipinski definition) is 5. The normalized spacial score (nSPS) is 16.3. The SMILES string of the molecule is COCCN1CCN(C(=O)NC2CC2)Cc2ccc(C)nc21.O=C(O)C(F)(F)F. The Balaban J connectivity index is 0.000000370. The van der Waals surface area contributed by atoms with Crippen molar-refractivity contribution >= 4 is 17.8 Å². The first kappa shape index (κ1) is 22.7. The van der Waals surface area contributed by atoms with E-state index in [0.29, 0.717) is 25.7 Å². The second kappa shape index (κ2) is 9.77. The maximum atomic E-state index is 12.3. The molecular formula is C18H25F3N4O4. The minimum atomic E-state index is -5.08. The number of urea groups is 1. The number of carbonyl (C=O) groups excluding carboxylic acids is 1. The number of aryl methyl sites for hydroxylation is 1. The molecule has 1 aromatic rings. The van der Waals surface area contributed by atoms with Crippen LogP contribution >= 0.6 is 0 Å². The molecule has 162 valence electrons. The number of hydrogen-bond donors (Lipinski definition) is 2. The maximum absolute atomic E-state index is 12.3. The van der Waals surface area contributed by atoms with Gasteiger partial charge in [0, 0.05) is 44.0 Å². The standard InChI is InChI=1S/C16H24N4O2.C2HF3O2/c1-12-3-4-13-11-20(16(21)18-14-5-6-14)8-7-19(9-10-22-2)15(13)17-12;3-2(4,5)1(6)7/h3-4,14H,5-11H2,1-2H3,(H,18,21);(H,6,7). The Kier molecular flexibility index (Phi) is 7.66. The lowest BCUT2D eigenvalue weighted by Crippen LogP contribution is -2.42. The Bertz CT molecular complexity index is 726. The number of nitrogens with zero attached hydrogens (tertiary/aromatic N) is 3. The zero-order valence-corrected chi connectivity index (χ0v) is 16.3. The fourth-order valence-electron chi connectivity index (χ4n) is 2.69. The molecule has 0 spiro atoms. The van der Waals surface area contributed by atoms with Crippen molar-refractivity contribution in [2.45, 2.75) is 38.5 Å². The number of ether oxygens (including phenoxy) is 1. The molecule has 0 bridgehead atoms. The Labute approximate surface area is 166 Å². The highest BCUT2D eigenvalue weighted by Crippen LogP contribution is 2.24. The molecule has 2 N–H and O–H groups in total. The highest BCUT2D eigenvalue weighted by atomic mass is 19.4. The van der Waals surface area contributed by atoms with E-state index in [-0.39, 0.29) is 6.03 Å². The molecular weight excluding hydrogens is 393 g/mol. The summed E-state index contributed by atoms with van der Waals surface area (Å²) >= 11 is 0. The zero-order chi connectivity index (χ0) is 21.6. The average molecular weight is 418 g/mol. The third-order valence-corrected chi connectivity index (χ3v) is 4.40. The molecule has 0 aromatic carbocycles. The fourth-order valence-corrected chi connectivity index (χ4v) is 2.69. The highest BCUT2D eigenvalue weighted by Gasteiger charge is 2.38. The van der Waals surface area contributed by atoms with Gasteiger partial charge in [0.2, 0.25) is 0 Å². The van der Waals surface area contributed by atoms with Gasteiger partial charge in [-0.05, 0) is 25.8 Å². The van der Waals surface area contributed by atoms with E-state index in [9.17, 15) is 18.0 Å². The van der Waals surface area contributed by atoms with Crippen LogP contribution in [0.4, 0.5) is 23.8 Å². The van der Waals surface area contributed by atoms with Crippen LogP contribution < -0.4 is 10.2 Å². The van der Waals surface area contributed by atoms with Gasteiger partial charge in [-0.25, -0.2) is 14.6 Å². The quantitative estimate of drug-likeness (QED) is 0.778. The Morgan fingerprint density at radius 2 is 1.97 bits per heavy atom. The van der Waals surface area contributed by atoms with Crippen molar-refractivity contribution in [1.29, 1.82) is 0 Å². The summed E-state index contributed by atoms with van der Waals surface area (Å²) in [5, 5.41) is 10.2. The zero-order valence-electron chi connectivity index (χ0n) is 16.3. The Hall–Kier alpha value is -2.56. The Morgan fingerprint density at radius 1 is 1.31 bits per heavy atom. The van der Waals surface area contributed by atoms with E-state index in [2.05, 4.69) is 21.3 Å². The predicted octanol–water partition coefficient (Wildman–Crippen LogP) is 2.16. The van der Waals surface area contributed by atoms with E-state index in [0.717, 1.165) is 43.0 Å². The molecule has 2 aliphatic rings. The number of carboxylic acids is 1. The summed E-state index contributed by atoms with van der Waals surface area (Å²) in [5.41, 5.74) is 2.10. The Morgan fingerprint density at radius 3 is 2.52 bits per heavy atom. The second-order valence-electron chi connectivity index (χ2n) is 6.86. The summed E-state index contributed by atoms with van der Waals surface area (Å²) in [6.07, 6.45) is -2.87. The van der Waals surface area contributed by atoms with E-state index in [1.165, 1.54) is 0 Å². The van der Waals surface area contributed by atoms with Gasteiger partial charge in [0.1, 0.15) is 5.82 Å². The van der Waals surface area contributed by atoms with E-state index in [1.807, 2.05) is 17.9 Å². The van der Waals surface area contributed by atoms with E-state index in [4.69, 9.17) is 14.6 Å². The van der Waals surface area contributed by atoms with Crippen LogP contribution in [-0.4, -0.2) is 72.6 Å². The number of aromatic nitrogens is 1. The van der Waals surface area contributed by atoms with Crippen molar-refractivity contribution in [3.63, 3.8) is 0 Å². The lowest BCUT2D eigenvalue weighted by Gasteiger charge is -2.23. The lowest BCUT2D eigenvalue weighted by molar-refractivity contribution is -0.192. The van der Waals surface area contributed by atoms with Crippen LogP contribution in [0, 0.1) is 6.92 Å². The van der Waals surface area contributed by atoms with Crippen molar-refractivity contribution in [3.8, 4) is 0 Å². The third kappa shape index (κ3) is 7.08. The maximum Gasteiger partial charge on any atom is 0.490 e. The molecule has 2 heterocycles. The third-order valence-electron chi connectivity index (χ3n) is 4.40. The van der Waals surface area contributed by atoms with Gasteiger partial charge in [-0.2, -0.15) is 13.2 Å². The predicted molar refractivity (Wildman–Crippen MR) is 98.7 cm³/mol. The molecule has 29 heavy (non-hydrogen) atoms. The van der Waals surface area contributed by atoms with E-state index < -0.39 is 12.1 Å². The number of carboxylic acid groups (broad SMARTS) is 1. The molecule has 1 aromatic heterocycles.